The van der Waals surface area contributed by atoms with Gasteiger partial charge in [-0.3, -0.25) is 4.99 Å². The van der Waals surface area contributed by atoms with E-state index in [-0.39, 0.29) is 0 Å². The third-order valence-corrected chi connectivity index (χ3v) is 1.80. The minimum absolute atomic E-state index is 0.507. The van der Waals surface area contributed by atoms with Crippen LogP contribution in [0.25, 0.3) is 0 Å². The maximum atomic E-state index is 5.16. The molecule has 0 radical (unpaired) electrons. The fraction of sp³-hybridized carbons (Fsp3) is 0.625. The number of nitrogens with two attached hydrogens (primary N) is 1. The number of nitrogens with one attached hydrogen (secondary N) is 1. The summed E-state index contributed by atoms with van der Waals surface area (Å²) in [7, 11) is 0. The molecule has 11 heavy (non-hydrogen) atoms. The summed E-state index contributed by atoms with van der Waals surface area (Å²) in [5.74, 6) is 0. The molecule has 3 heteroatoms. The molecule has 0 saturated carbocycles. The molecule has 0 aliphatic carbocycles. The average Bonchev–Trinajstić information content (AvgIpc) is 2.07. The summed E-state index contributed by atoms with van der Waals surface area (Å²) in [6.07, 6.45) is 7.35. The summed E-state index contributed by atoms with van der Waals surface area (Å²) < 4.78 is 0. The van der Waals surface area contributed by atoms with Gasteiger partial charge in [0.2, 0.25) is 0 Å². The molecule has 1 rings (SSSR count). The molecule has 0 bridgehead atoms. The zero-order chi connectivity index (χ0) is 7.94. The van der Waals surface area contributed by atoms with E-state index in [9.17, 15) is 0 Å². The molecule has 0 aromatic heterocycles. The third kappa shape index (κ3) is 3.18. The highest BCUT2D eigenvalue weighted by atomic mass is 14.9. The number of rotatable bonds is 2. The smallest absolute Gasteiger partial charge is 0.0523 e. The maximum Gasteiger partial charge on any atom is 0.0523 e. The molecule has 1 saturated heterocycles. The highest BCUT2D eigenvalue weighted by Gasteiger charge is 2.09. The van der Waals surface area contributed by atoms with Gasteiger partial charge in [0.25, 0.3) is 0 Å². The quantitative estimate of drug-likeness (QED) is 0.560. The van der Waals surface area contributed by atoms with Crippen LogP contribution in [0.15, 0.2) is 17.3 Å². The maximum absolute atomic E-state index is 5.16. The van der Waals surface area contributed by atoms with Crippen molar-refractivity contribution in [1.82, 2.24) is 5.32 Å². The van der Waals surface area contributed by atoms with E-state index in [1.165, 1.54) is 6.20 Å². The van der Waals surface area contributed by atoms with E-state index in [0.29, 0.717) is 6.04 Å². The van der Waals surface area contributed by atoms with Gasteiger partial charge in [0, 0.05) is 6.21 Å². The zero-order valence-electron chi connectivity index (χ0n) is 6.66. The lowest BCUT2D eigenvalue weighted by molar-refractivity contribution is 0.461. The van der Waals surface area contributed by atoms with Gasteiger partial charge in [-0.1, -0.05) is 0 Å². The lowest BCUT2D eigenvalue weighted by Gasteiger charge is -2.18. The number of piperidine rings is 1. The van der Waals surface area contributed by atoms with Crippen molar-refractivity contribution in [2.45, 2.75) is 18.9 Å². The van der Waals surface area contributed by atoms with Crippen LogP contribution in [-0.4, -0.2) is 25.3 Å². The number of hydrogen-bond donors (Lipinski definition) is 2. The predicted molar refractivity (Wildman–Crippen MR) is 47.7 cm³/mol. The van der Waals surface area contributed by atoms with Crippen LogP contribution >= 0.6 is 0 Å². The first kappa shape index (κ1) is 8.27. The van der Waals surface area contributed by atoms with Crippen LogP contribution in [0.1, 0.15) is 12.8 Å². The Morgan fingerprint density at radius 3 is 2.73 bits per heavy atom. The Balaban J connectivity index is 2.23. The standard InChI is InChI=1S/C8H15N3/c9-4-1-5-11-8-2-6-10-7-3-8/h1,4-5,8,10H,2-3,6-7,9H2/b4-1-,11-5?. The third-order valence-electron chi connectivity index (χ3n) is 1.80. The molecule has 0 spiro atoms. The predicted octanol–water partition coefficient (Wildman–Crippen LogP) is 0.282. The Kier molecular flexibility index (Phi) is 3.69. The second kappa shape index (κ2) is 4.91. The summed E-state index contributed by atoms with van der Waals surface area (Å²) in [5, 5.41) is 3.29. The summed E-state index contributed by atoms with van der Waals surface area (Å²) in [4.78, 5) is 4.34. The van der Waals surface area contributed by atoms with Crippen LogP contribution in [0.5, 0.6) is 0 Å². The Hall–Kier alpha value is -0.830. The summed E-state index contributed by atoms with van der Waals surface area (Å²) in [5.41, 5.74) is 5.16. The fourth-order valence-electron chi connectivity index (χ4n) is 1.18. The SMILES string of the molecule is N/C=C\C=NC1CCNCC1. The molecule has 1 fully saturated rings. The monoisotopic (exact) mass is 153 g/mol. The molecule has 0 aromatic carbocycles. The normalized spacial score (nSPS) is 21.8. The van der Waals surface area contributed by atoms with Gasteiger partial charge in [-0.25, -0.2) is 0 Å². The number of hydrogen-bond acceptors (Lipinski definition) is 3. The van der Waals surface area contributed by atoms with Gasteiger partial charge in [-0.15, -0.1) is 0 Å². The minimum atomic E-state index is 0.507. The molecule has 1 aliphatic heterocycles. The van der Waals surface area contributed by atoms with Crippen LogP contribution in [0.2, 0.25) is 0 Å². The van der Waals surface area contributed by atoms with Crippen LogP contribution in [0.3, 0.4) is 0 Å². The molecule has 0 unspecified atom stereocenters. The second-order valence-corrected chi connectivity index (χ2v) is 2.66. The van der Waals surface area contributed by atoms with Crippen molar-refractivity contribution in [3.8, 4) is 0 Å². The van der Waals surface area contributed by atoms with Crippen molar-refractivity contribution in [1.29, 1.82) is 0 Å². The minimum Gasteiger partial charge on any atom is -0.405 e. The number of aliphatic imine (C=N–C) groups is 1. The van der Waals surface area contributed by atoms with E-state index in [1.54, 1.807) is 12.3 Å². The van der Waals surface area contributed by atoms with Crippen LogP contribution < -0.4 is 11.1 Å². The molecular weight excluding hydrogens is 138 g/mol. The van der Waals surface area contributed by atoms with Crippen molar-refractivity contribution in [2.24, 2.45) is 10.7 Å². The molecule has 1 heterocycles. The van der Waals surface area contributed by atoms with Gasteiger partial charge < -0.3 is 11.1 Å². The van der Waals surface area contributed by atoms with Crippen molar-refractivity contribution < 1.29 is 0 Å². The highest BCUT2D eigenvalue weighted by molar-refractivity contribution is 5.70. The molecule has 1 aliphatic rings. The number of nitrogens with zero attached hydrogens (tertiary/aromatic N) is 1. The molecular formula is C8H15N3. The van der Waals surface area contributed by atoms with E-state index in [4.69, 9.17) is 5.73 Å². The van der Waals surface area contributed by atoms with Gasteiger partial charge in [-0.05, 0) is 38.2 Å². The van der Waals surface area contributed by atoms with Crippen LogP contribution in [0, 0.1) is 0 Å². The van der Waals surface area contributed by atoms with Crippen molar-refractivity contribution >= 4 is 6.21 Å². The molecule has 0 atom stereocenters. The molecule has 0 aromatic rings. The van der Waals surface area contributed by atoms with Crippen LogP contribution in [-0.2, 0) is 0 Å². The van der Waals surface area contributed by atoms with Gasteiger partial charge in [0.1, 0.15) is 0 Å². The van der Waals surface area contributed by atoms with E-state index in [1.807, 2.05) is 0 Å². The second-order valence-electron chi connectivity index (χ2n) is 2.66. The van der Waals surface area contributed by atoms with Crippen LogP contribution in [0.4, 0.5) is 0 Å². The number of allylic oxidation sites excluding steroid dienone is 1. The lowest BCUT2D eigenvalue weighted by Crippen LogP contribution is -2.29. The Labute approximate surface area is 67.4 Å². The summed E-state index contributed by atoms with van der Waals surface area (Å²) >= 11 is 0. The Morgan fingerprint density at radius 2 is 2.09 bits per heavy atom. The highest BCUT2D eigenvalue weighted by Crippen LogP contribution is 2.05. The van der Waals surface area contributed by atoms with Crippen molar-refractivity contribution in [3.05, 3.63) is 12.3 Å². The Bertz CT molecular complexity index is 145. The molecule has 62 valence electrons. The van der Waals surface area contributed by atoms with Gasteiger partial charge >= 0.3 is 0 Å². The van der Waals surface area contributed by atoms with Gasteiger partial charge in [0.05, 0.1) is 6.04 Å². The fourth-order valence-corrected chi connectivity index (χ4v) is 1.18. The average molecular weight is 153 g/mol. The molecule has 3 nitrogen and oxygen atoms in total. The van der Waals surface area contributed by atoms with Crippen molar-refractivity contribution in [2.75, 3.05) is 13.1 Å². The van der Waals surface area contributed by atoms with E-state index in [2.05, 4.69) is 10.3 Å². The van der Waals surface area contributed by atoms with Gasteiger partial charge in [-0.2, -0.15) is 0 Å². The first-order valence-electron chi connectivity index (χ1n) is 4.04. The molecule has 0 amide bonds. The van der Waals surface area contributed by atoms with Gasteiger partial charge in [0.15, 0.2) is 0 Å². The van der Waals surface area contributed by atoms with E-state index >= 15 is 0 Å². The Morgan fingerprint density at radius 1 is 1.36 bits per heavy atom. The summed E-state index contributed by atoms with van der Waals surface area (Å²) in [6.45, 7) is 2.18. The topological polar surface area (TPSA) is 50.4 Å². The largest absolute Gasteiger partial charge is 0.405 e. The lowest BCUT2D eigenvalue weighted by atomic mass is 10.1. The first-order valence-corrected chi connectivity index (χ1v) is 4.04. The summed E-state index contributed by atoms with van der Waals surface area (Å²) in [6, 6.07) is 0.507. The molecule has 3 N–H and O–H groups in total. The van der Waals surface area contributed by atoms with E-state index < -0.39 is 0 Å². The van der Waals surface area contributed by atoms with Crippen molar-refractivity contribution in [3.63, 3.8) is 0 Å². The zero-order valence-corrected chi connectivity index (χ0v) is 6.66. The van der Waals surface area contributed by atoms with E-state index in [0.717, 1.165) is 25.9 Å². The first-order chi connectivity index (χ1) is 5.43.